The summed E-state index contributed by atoms with van der Waals surface area (Å²) in [6.45, 7) is 0. The quantitative estimate of drug-likeness (QED) is 0.625. The van der Waals surface area contributed by atoms with Gasteiger partial charge in [-0.05, 0) is 35.9 Å². The van der Waals surface area contributed by atoms with Crippen molar-refractivity contribution in [2.24, 2.45) is 5.10 Å². The Morgan fingerprint density at radius 3 is 2.65 bits per heavy atom. The number of benzene rings is 2. The molecule has 0 aliphatic carbocycles. The van der Waals surface area contributed by atoms with Gasteiger partial charge in [-0.3, -0.25) is 4.79 Å². The standard InChI is InChI=1S/C14H9BrCl2N2O/c15-11-3-1-2-10(7-11)14(20)19-18-8-9-4-5-12(16)13(17)6-9/h1-8H,(H,19,20)/b18-8-. The van der Waals surface area contributed by atoms with Crippen molar-refractivity contribution < 1.29 is 4.79 Å². The first kappa shape index (κ1) is 15.0. The molecule has 2 aromatic rings. The normalized spacial score (nSPS) is 10.8. The third-order valence-electron chi connectivity index (χ3n) is 2.41. The molecule has 102 valence electrons. The number of nitrogens with zero attached hydrogens (tertiary/aromatic N) is 1. The summed E-state index contributed by atoms with van der Waals surface area (Å²) in [6.07, 6.45) is 1.50. The van der Waals surface area contributed by atoms with Gasteiger partial charge in [0.25, 0.3) is 5.91 Å². The van der Waals surface area contributed by atoms with Crippen LogP contribution in [0.4, 0.5) is 0 Å². The molecule has 20 heavy (non-hydrogen) atoms. The van der Waals surface area contributed by atoms with E-state index in [1.165, 1.54) is 6.21 Å². The molecule has 3 nitrogen and oxygen atoms in total. The van der Waals surface area contributed by atoms with Gasteiger partial charge in [-0.2, -0.15) is 5.10 Å². The number of carbonyl (C=O) groups excluding carboxylic acids is 1. The van der Waals surface area contributed by atoms with Crippen molar-refractivity contribution >= 4 is 51.3 Å². The monoisotopic (exact) mass is 370 g/mol. The zero-order valence-electron chi connectivity index (χ0n) is 10.1. The molecule has 0 aliphatic heterocycles. The van der Waals surface area contributed by atoms with E-state index in [-0.39, 0.29) is 5.91 Å². The van der Waals surface area contributed by atoms with Gasteiger partial charge >= 0.3 is 0 Å². The zero-order valence-corrected chi connectivity index (χ0v) is 13.2. The Hall–Kier alpha value is -1.36. The maximum Gasteiger partial charge on any atom is 0.271 e. The number of hydrogen-bond acceptors (Lipinski definition) is 2. The van der Waals surface area contributed by atoms with Crippen LogP contribution in [-0.4, -0.2) is 12.1 Å². The first-order valence-corrected chi connectivity index (χ1v) is 7.15. The highest BCUT2D eigenvalue weighted by Crippen LogP contribution is 2.21. The average Bonchev–Trinajstić information content (AvgIpc) is 2.42. The fourth-order valence-electron chi connectivity index (χ4n) is 1.45. The number of rotatable bonds is 3. The minimum absolute atomic E-state index is 0.289. The third kappa shape index (κ3) is 4.07. The Morgan fingerprint density at radius 1 is 1.15 bits per heavy atom. The van der Waals surface area contributed by atoms with Gasteiger partial charge in [-0.1, -0.05) is 51.3 Å². The highest BCUT2D eigenvalue weighted by Gasteiger charge is 2.03. The number of halogens is 3. The number of hydrogen-bond donors (Lipinski definition) is 1. The fraction of sp³-hybridized carbons (Fsp3) is 0. The topological polar surface area (TPSA) is 41.5 Å². The zero-order chi connectivity index (χ0) is 14.5. The van der Waals surface area contributed by atoms with E-state index in [1.54, 1.807) is 36.4 Å². The largest absolute Gasteiger partial charge is 0.271 e. The predicted octanol–water partition coefficient (Wildman–Crippen LogP) is 4.52. The summed E-state index contributed by atoms with van der Waals surface area (Å²) in [4.78, 5) is 11.8. The Balaban J connectivity index is 2.02. The summed E-state index contributed by atoms with van der Waals surface area (Å²) in [5, 5.41) is 4.79. The predicted molar refractivity (Wildman–Crippen MR) is 85.7 cm³/mol. The lowest BCUT2D eigenvalue weighted by Crippen LogP contribution is -2.17. The summed E-state index contributed by atoms with van der Waals surface area (Å²) in [5.41, 5.74) is 3.71. The lowest BCUT2D eigenvalue weighted by Gasteiger charge is -2.00. The number of nitrogens with one attached hydrogen (secondary N) is 1. The molecule has 0 spiro atoms. The lowest BCUT2D eigenvalue weighted by atomic mass is 10.2. The minimum atomic E-state index is -0.289. The van der Waals surface area contributed by atoms with Crippen LogP contribution in [0.3, 0.4) is 0 Å². The second kappa shape index (κ2) is 6.88. The molecule has 0 atom stereocenters. The maximum absolute atomic E-state index is 11.8. The molecule has 0 heterocycles. The molecule has 2 aromatic carbocycles. The van der Waals surface area contributed by atoms with E-state index in [0.29, 0.717) is 15.6 Å². The van der Waals surface area contributed by atoms with Crippen molar-refractivity contribution in [3.63, 3.8) is 0 Å². The molecule has 0 fully saturated rings. The Bertz CT molecular complexity index is 674. The summed E-state index contributed by atoms with van der Waals surface area (Å²) >= 11 is 15.0. The molecule has 0 aromatic heterocycles. The van der Waals surface area contributed by atoms with Gasteiger partial charge in [-0.15, -0.1) is 0 Å². The summed E-state index contributed by atoms with van der Waals surface area (Å²) in [5.74, 6) is -0.289. The van der Waals surface area contributed by atoms with Gasteiger partial charge in [0.15, 0.2) is 0 Å². The van der Waals surface area contributed by atoms with Crippen molar-refractivity contribution in [2.75, 3.05) is 0 Å². The molecule has 0 bridgehead atoms. The SMILES string of the molecule is O=C(N/N=C\c1ccc(Cl)c(Cl)c1)c1cccc(Br)c1. The van der Waals surface area contributed by atoms with Crippen LogP contribution in [0.5, 0.6) is 0 Å². The Kier molecular flexibility index (Phi) is 5.17. The molecular formula is C14H9BrCl2N2O. The van der Waals surface area contributed by atoms with E-state index < -0.39 is 0 Å². The van der Waals surface area contributed by atoms with Crippen LogP contribution >= 0.6 is 39.1 Å². The van der Waals surface area contributed by atoms with E-state index in [2.05, 4.69) is 26.5 Å². The average molecular weight is 372 g/mol. The second-order valence-corrected chi connectivity index (χ2v) is 5.61. The molecule has 0 radical (unpaired) electrons. The molecule has 0 aliphatic rings. The van der Waals surface area contributed by atoms with Crippen molar-refractivity contribution in [1.82, 2.24) is 5.43 Å². The molecule has 1 N–H and O–H groups in total. The van der Waals surface area contributed by atoms with Crippen molar-refractivity contribution in [3.8, 4) is 0 Å². The molecular weight excluding hydrogens is 363 g/mol. The van der Waals surface area contributed by atoms with Crippen molar-refractivity contribution in [1.29, 1.82) is 0 Å². The first-order chi connectivity index (χ1) is 9.56. The van der Waals surface area contributed by atoms with E-state index in [9.17, 15) is 4.79 Å². The van der Waals surface area contributed by atoms with Gasteiger partial charge in [0.2, 0.25) is 0 Å². The van der Waals surface area contributed by atoms with Gasteiger partial charge in [-0.25, -0.2) is 5.43 Å². The van der Waals surface area contributed by atoms with E-state index in [4.69, 9.17) is 23.2 Å². The van der Waals surface area contributed by atoms with E-state index >= 15 is 0 Å². The van der Waals surface area contributed by atoms with Crippen LogP contribution in [0, 0.1) is 0 Å². The molecule has 6 heteroatoms. The second-order valence-electron chi connectivity index (χ2n) is 3.88. The number of amides is 1. The third-order valence-corrected chi connectivity index (χ3v) is 3.64. The van der Waals surface area contributed by atoms with E-state index in [1.807, 2.05) is 6.07 Å². The van der Waals surface area contributed by atoms with Crippen LogP contribution in [0.25, 0.3) is 0 Å². The van der Waals surface area contributed by atoms with Gasteiger partial charge in [0.1, 0.15) is 0 Å². The fourth-order valence-corrected chi connectivity index (χ4v) is 2.16. The van der Waals surface area contributed by atoms with Gasteiger partial charge < -0.3 is 0 Å². The maximum atomic E-state index is 11.8. The molecule has 0 saturated heterocycles. The number of hydrazone groups is 1. The van der Waals surface area contributed by atoms with Crippen LogP contribution in [-0.2, 0) is 0 Å². The van der Waals surface area contributed by atoms with Crippen LogP contribution < -0.4 is 5.43 Å². The Labute approximate surface area is 134 Å². The summed E-state index contributed by atoms with van der Waals surface area (Å²) in [7, 11) is 0. The highest BCUT2D eigenvalue weighted by atomic mass is 79.9. The van der Waals surface area contributed by atoms with Crippen LogP contribution in [0.15, 0.2) is 52.0 Å². The van der Waals surface area contributed by atoms with Crippen LogP contribution in [0.1, 0.15) is 15.9 Å². The number of carbonyl (C=O) groups is 1. The van der Waals surface area contributed by atoms with Gasteiger partial charge in [0.05, 0.1) is 16.3 Å². The van der Waals surface area contributed by atoms with Crippen LogP contribution in [0.2, 0.25) is 10.0 Å². The Morgan fingerprint density at radius 2 is 1.95 bits per heavy atom. The van der Waals surface area contributed by atoms with Crippen molar-refractivity contribution in [2.45, 2.75) is 0 Å². The smallest absolute Gasteiger partial charge is 0.267 e. The lowest BCUT2D eigenvalue weighted by molar-refractivity contribution is 0.0955. The highest BCUT2D eigenvalue weighted by molar-refractivity contribution is 9.10. The summed E-state index contributed by atoms with van der Waals surface area (Å²) < 4.78 is 0.832. The van der Waals surface area contributed by atoms with E-state index in [0.717, 1.165) is 10.0 Å². The van der Waals surface area contributed by atoms with Gasteiger partial charge in [0, 0.05) is 10.0 Å². The molecule has 2 rings (SSSR count). The first-order valence-electron chi connectivity index (χ1n) is 5.60. The molecule has 0 saturated carbocycles. The van der Waals surface area contributed by atoms with Crippen molar-refractivity contribution in [3.05, 3.63) is 68.1 Å². The minimum Gasteiger partial charge on any atom is -0.267 e. The summed E-state index contributed by atoms with van der Waals surface area (Å²) in [6, 6.07) is 12.1. The molecule has 0 unspecified atom stereocenters. The molecule has 1 amide bonds.